The summed E-state index contributed by atoms with van der Waals surface area (Å²) in [4.78, 5) is 7.50. The first-order valence-corrected chi connectivity index (χ1v) is 24.2. The molecule has 14 heteroatoms. The van der Waals surface area contributed by atoms with Gasteiger partial charge in [-0.05, 0) is 109 Å². The first-order chi connectivity index (χ1) is 33.7. The van der Waals surface area contributed by atoms with Gasteiger partial charge in [0.2, 0.25) is 0 Å². The minimum Gasteiger partial charge on any atom is -1.00 e. The van der Waals surface area contributed by atoms with E-state index in [0.717, 1.165) is 0 Å². The van der Waals surface area contributed by atoms with E-state index >= 15 is 0 Å². The Labute approximate surface area is 426 Å². The van der Waals surface area contributed by atoms with Gasteiger partial charge in [0.05, 0.1) is 0 Å². The van der Waals surface area contributed by atoms with Crippen LogP contribution in [-0.2, 0) is 24.9 Å². The molecule has 0 unspecified atom stereocenters. The molecule has 0 aliphatic rings. The minimum absolute atomic E-state index is 0. The average molecular weight is 1160 g/mol. The van der Waals surface area contributed by atoms with Gasteiger partial charge in [0.15, 0.2) is 0 Å². The Kier molecular flexibility index (Phi) is 24.2. The van der Waals surface area contributed by atoms with E-state index < -0.39 is 25.8 Å². The third-order valence-electron chi connectivity index (χ3n) is 8.31. The smallest absolute Gasteiger partial charge is 1.00 e. The van der Waals surface area contributed by atoms with Crippen molar-refractivity contribution in [2.45, 2.75) is 0 Å². The van der Waals surface area contributed by atoms with Gasteiger partial charge in [0, 0.05) is 0 Å². The van der Waals surface area contributed by atoms with E-state index in [4.69, 9.17) is 45.5 Å². The SMILES string of the molecule is [C]=O.[H-].[H-].[H-].[H-].[Ir+4].c1ccc(OP(Oc2ccccc2)Oc2ccccc2)cc1.c1ccc(OP(Oc2ccccc2)Oc2ccccc2)cc1.c1ccc(OP(Oc2ccccc2)Oc2ccccc2)cc1. The maximum absolute atomic E-state index is 7.50. The van der Waals surface area contributed by atoms with Gasteiger partial charge < -0.3 is 46.4 Å². The fourth-order valence-electron chi connectivity index (χ4n) is 5.27. The fourth-order valence-corrected chi connectivity index (χ4v) is 8.25. The molecule has 9 aromatic carbocycles. The summed E-state index contributed by atoms with van der Waals surface area (Å²) in [6.07, 6.45) is 0. The second kappa shape index (κ2) is 31.7. The molecule has 353 valence electrons. The number of para-hydroxylation sites is 9. The molecule has 0 aliphatic heterocycles. The molecule has 0 N–H and O–H groups in total. The molecule has 0 amide bonds. The van der Waals surface area contributed by atoms with Gasteiger partial charge in [-0.2, -0.15) is 0 Å². The normalized spacial score (nSPS) is 9.84. The van der Waals surface area contributed by atoms with Crippen molar-refractivity contribution in [3.05, 3.63) is 273 Å². The molecule has 0 aromatic heterocycles. The maximum Gasteiger partial charge on any atom is 4.00 e. The molecular formula is C55H49IrO10P3. The number of rotatable bonds is 18. The predicted molar refractivity (Wildman–Crippen MR) is 275 cm³/mol. The Morgan fingerprint density at radius 3 is 0.377 bits per heavy atom. The zero-order valence-electron chi connectivity index (χ0n) is 40.7. The Morgan fingerprint density at radius 1 is 0.203 bits per heavy atom. The van der Waals surface area contributed by atoms with E-state index in [2.05, 4.69) is 6.79 Å². The Morgan fingerprint density at radius 2 is 0.290 bits per heavy atom. The molecule has 69 heavy (non-hydrogen) atoms. The summed E-state index contributed by atoms with van der Waals surface area (Å²) in [6.45, 7) is 4.50. The molecule has 0 bridgehead atoms. The molecule has 3 radical (unpaired) electrons. The van der Waals surface area contributed by atoms with E-state index in [1.165, 1.54) is 0 Å². The fraction of sp³-hybridized carbons (Fsp3) is 0. The molecule has 0 aliphatic carbocycles. The van der Waals surface area contributed by atoms with Gasteiger partial charge in [-0.1, -0.05) is 164 Å². The van der Waals surface area contributed by atoms with Crippen LogP contribution in [-0.4, -0.2) is 6.79 Å². The van der Waals surface area contributed by atoms with Crippen LogP contribution in [0.25, 0.3) is 0 Å². The summed E-state index contributed by atoms with van der Waals surface area (Å²) >= 11 is 0. The summed E-state index contributed by atoms with van der Waals surface area (Å²) in [6, 6.07) is 85.5. The number of carbonyl (C=O) groups excluding carboxylic acids is 1. The Bertz CT molecular complexity index is 2070. The third kappa shape index (κ3) is 20.7. The van der Waals surface area contributed by atoms with E-state index in [9.17, 15) is 0 Å². The Hall–Kier alpha value is -7.21. The maximum atomic E-state index is 7.50. The molecule has 0 saturated heterocycles. The van der Waals surface area contributed by atoms with Crippen LogP contribution in [0.3, 0.4) is 0 Å². The number of hydrogen-bond donors (Lipinski definition) is 0. The first kappa shape index (κ1) is 52.8. The van der Waals surface area contributed by atoms with Crippen molar-refractivity contribution in [1.82, 2.24) is 0 Å². The van der Waals surface area contributed by atoms with Gasteiger partial charge in [0.1, 0.15) is 51.7 Å². The van der Waals surface area contributed by atoms with Crippen LogP contribution in [0.5, 0.6) is 51.7 Å². The number of benzene rings is 9. The van der Waals surface area contributed by atoms with Crippen LogP contribution >= 0.6 is 25.8 Å². The van der Waals surface area contributed by atoms with Crippen LogP contribution in [0.15, 0.2) is 273 Å². The van der Waals surface area contributed by atoms with E-state index in [0.29, 0.717) is 51.7 Å². The molecule has 0 saturated carbocycles. The van der Waals surface area contributed by atoms with Crippen LogP contribution in [0.4, 0.5) is 0 Å². The molecule has 0 fully saturated rings. The zero-order valence-corrected chi connectivity index (χ0v) is 41.8. The van der Waals surface area contributed by atoms with Crippen LogP contribution < -0.4 is 40.7 Å². The summed E-state index contributed by atoms with van der Waals surface area (Å²) in [5, 5.41) is 0. The van der Waals surface area contributed by atoms with Crippen molar-refractivity contribution < 1.29 is 71.3 Å². The second-order valence-corrected chi connectivity index (χ2v) is 16.3. The van der Waals surface area contributed by atoms with Crippen molar-refractivity contribution in [2.24, 2.45) is 0 Å². The quantitative estimate of drug-likeness (QED) is 0.0772. The largest absolute Gasteiger partial charge is 4.00 e. The van der Waals surface area contributed by atoms with Gasteiger partial charge in [0.25, 0.3) is 6.79 Å². The Balaban J connectivity index is 0.000000520. The molecule has 10 nitrogen and oxygen atoms in total. The van der Waals surface area contributed by atoms with E-state index in [1.807, 2.05) is 273 Å². The molecular weight excluding hydrogens is 1110 g/mol. The van der Waals surface area contributed by atoms with Crippen LogP contribution in [0.2, 0.25) is 0 Å². The summed E-state index contributed by atoms with van der Waals surface area (Å²) < 4.78 is 52.6. The van der Waals surface area contributed by atoms with Crippen LogP contribution in [0, 0.1) is 0 Å². The van der Waals surface area contributed by atoms with Crippen molar-refractivity contribution in [1.29, 1.82) is 0 Å². The molecule has 0 heterocycles. The van der Waals surface area contributed by atoms with Gasteiger partial charge in [-0.3, -0.25) is 4.79 Å². The molecule has 0 spiro atoms. The first-order valence-electron chi connectivity index (χ1n) is 20.9. The van der Waals surface area contributed by atoms with Gasteiger partial charge >= 0.3 is 45.9 Å². The van der Waals surface area contributed by atoms with Gasteiger partial charge in [-0.25, -0.2) is 0 Å². The molecule has 0 atom stereocenters. The topological polar surface area (TPSA) is 100 Å². The van der Waals surface area contributed by atoms with Crippen molar-refractivity contribution in [3.63, 3.8) is 0 Å². The molecule has 9 aromatic rings. The van der Waals surface area contributed by atoms with Crippen molar-refractivity contribution in [2.75, 3.05) is 0 Å². The van der Waals surface area contributed by atoms with E-state index in [1.54, 1.807) is 0 Å². The number of hydrogen-bond acceptors (Lipinski definition) is 10. The standard InChI is InChI=1S/3C18H15O3P.CO.Ir.4H/c3*1-4-10-16(11-5-1)19-22(20-17-12-6-2-7-13-17)21-18-14-8-3-9-15-18;1-2;;;;;/h3*1-15H;;;;;;/q;;;;+4;4*-1. The second-order valence-electron chi connectivity index (χ2n) is 13.3. The molecule has 9 rings (SSSR count). The summed E-state index contributed by atoms with van der Waals surface area (Å²) in [7, 11) is -4.77. The minimum atomic E-state index is -1.59. The zero-order chi connectivity index (χ0) is 47.1. The van der Waals surface area contributed by atoms with Crippen LogP contribution in [0.1, 0.15) is 5.71 Å². The van der Waals surface area contributed by atoms with Gasteiger partial charge in [-0.15, -0.1) is 0 Å². The summed E-state index contributed by atoms with van der Waals surface area (Å²) in [5.41, 5.74) is 0. The average Bonchev–Trinajstić information content (AvgIpc) is 3.40. The van der Waals surface area contributed by atoms with E-state index in [-0.39, 0.29) is 25.8 Å². The van der Waals surface area contributed by atoms with Crippen molar-refractivity contribution >= 4 is 32.6 Å². The summed E-state index contributed by atoms with van der Waals surface area (Å²) in [5.74, 6) is 6.38. The third-order valence-corrected chi connectivity index (χ3v) is 11.5. The van der Waals surface area contributed by atoms with Crippen molar-refractivity contribution in [3.8, 4) is 51.7 Å². The monoisotopic (exact) mass is 1160 g/mol. The predicted octanol–water partition coefficient (Wildman–Crippen LogP) is 16.4.